The molecule has 0 amide bonds. The minimum absolute atomic E-state index is 0. The van der Waals surface area contributed by atoms with E-state index in [0.717, 1.165) is 51.4 Å². The number of hydrogen-bond donors (Lipinski definition) is 2. The van der Waals surface area contributed by atoms with Crippen molar-refractivity contribution >= 4 is 13.8 Å². The quantitative estimate of drug-likeness (QED) is 0.294. The largest absolute Gasteiger partial charge is 1.00 e. The molecule has 8 heteroatoms. The van der Waals surface area contributed by atoms with Gasteiger partial charge in [0.1, 0.15) is 0 Å². The van der Waals surface area contributed by atoms with Crippen molar-refractivity contribution in [2.45, 2.75) is 119 Å². The zero-order chi connectivity index (χ0) is 28.3. The van der Waals surface area contributed by atoms with E-state index in [1.807, 2.05) is 0 Å². The van der Waals surface area contributed by atoms with Gasteiger partial charge < -0.3 is 19.4 Å². The van der Waals surface area contributed by atoms with Gasteiger partial charge in [0.05, 0.1) is 11.5 Å². The molecule has 0 aromatic carbocycles. The fourth-order valence-corrected chi connectivity index (χ4v) is 12.0. The fourth-order valence-electron chi connectivity index (χ4n) is 11.4. The van der Waals surface area contributed by atoms with Crippen molar-refractivity contribution in [3.05, 3.63) is 11.6 Å². The number of carboxylic acids is 1. The Bertz CT molecular complexity index is 1100. The molecule has 2 N–H and O–H groups in total. The van der Waals surface area contributed by atoms with E-state index in [9.17, 15) is 24.3 Å². The first-order chi connectivity index (χ1) is 17.3. The molecule has 6 nitrogen and oxygen atoms in total. The van der Waals surface area contributed by atoms with Crippen LogP contribution in [0.1, 0.15) is 113 Å². The van der Waals surface area contributed by atoms with Crippen LogP contribution in [-0.4, -0.2) is 22.1 Å². The summed E-state index contributed by atoms with van der Waals surface area (Å²) >= 11 is 0. The molecule has 0 bridgehead atoms. The maximum Gasteiger partial charge on any atom is 1.00 e. The van der Waals surface area contributed by atoms with Crippen LogP contribution in [0.5, 0.6) is 0 Å². The molecule has 0 heterocycles. The summed E-state index contributed by atoms with van der Waals surface area (Å²) < 4.78 is 17.1. The van der Waals surface area contributed by atoms with E-state index in [4.69, 9.17) is 4.52 Å². The van der Waals surface area contributed by atoms with Crippen molar-refractivity contribution in [1.82, 2.24) is 0 Å². The molecule has 0 aromatic rings. The second kappa shape index (κ2) is 9.99. The van der Waals surface area contributed by atoms with Gasteiger partial charge in [-0.3, -0.25) is 9.36 Å². The van der Waals surface area contributed by atoms with Gasteiger partial charge >= 0.3 is 57.4 Å². The Morgan fingerprint density at radius 2 is 1.62 bits per heavy atom. The van der Waals surface area contributed by atoms with Crippen LogP contribution >= 0.6 is 7.82 Å². The molecule has 5 aliphatic rings. The summed E-state index contributed by atoms with van der Waals surface area (Å²) in [6, 6.07) is 0. The standard InChI is InChI=1S/C31H51O6P.K/c1-19-11-14-31(25(32)33)18-16-27(5)21(24(31)20(19)2)9-10-22-28(27,6)15-17-30(8)26(3,4)23(37-38(34,35)36)12-13-29(22,30)7;/h9,19-20,22-24H,10-18H2,1-8H3,(H,32,33)(H2,34,35,36);/q;+1/p-1/t19-,20+,22+,23+,24?,27-,28-,29-,30+,31+;/m1./s1. The predicted octanol–water partition coefficient (Wildman–Crippen LogP) is 3.97. The van der Waals surface area contributed by atoms with Gasteiger partial charge in [0.2, 0.25) is 0 Å². The number of phosphoric acid groups is 1. The molecule has 4 saturated carbocycles. The zero-order valence-corrected chi connectivity index (χ0v) is 29.8. The molecule has 5 aliphatic carbocycles. The average Bonchev–Trinajstić information content (AvgIpc) is 2.80. The molecule has 2 unspecified atom stereocenters. The minimum atomic E-state index is -4.83. The van der Waals surface area contributed by atoms with E-state index in [2.05, 4.69) is 61.5 Å². The van der Waals surface area contributed by atoms with Gasteiger partial charge in [-0.1, -0.05) is 67.0 Å². The molecular formula is C31H50KO6P. The molecule has 0 saturated heterocycles. The molecular weight excluding hydrogens is 538 g/mol. The Hall–Kier alpha value is 0.956. The Morgan fingerprint density at radius 3 is 2.21 bits per heavy atom. The molecule has 0 spiro atoms. The first-order valence-electron chi connectivity index (χ1n) is 15.0. The van der Waals surface area contributed by atoms with Crippen molar-refractivity contribution in [1.29, 1.82) is 0 Å². The third-order valence-electron chi connectivity index (χ3n) is 14.7. The van der Waals surface area contributed by atoms with Gasteiger partial charge in [0.15, 0.2) is 0 Å². The number of fused-ring (bicyclic) bond motifs is 7. The summed E-state index contributed by atoms with van der Waals surface area (Å²) in [6.45, 7) is 18.6. The molecule has 4 fully saturated rings. The van der Waals surface area contributed by atoms with Crippen LogP contribution in [0.4, 0.5) is 0 Å². The van der Waals surface area contributed by atoms with E-state index in [1.54, 1.807) is 0 Å². The normalized spacial score (nSPS) is 51.9. The number of allylic oxidation sites excluding steroid dienone is 2. The molecule has 0 aromatic heterocycles. The van der Waals surface area contributed by atoms with Gasteiger partial charge in [-0.15, -0.1) is 0 Å². The monoisotopic (exact) mass is 588 g/mol. The number of aliphatic carboxylic acids is 1. The van der Waals surface area contributed by atoms with Gasteiger partial charge in [-0.05, 0) is 109 Å². The van der Waals surface area contributed by atoms with E-state index in [0.29, 0.717) is 24.2 Å². The van der Waals surface area contributed by atoms with Crippen LogP contribution in [0.3, 0.4) is 0 Å². The van der Waals surface area contributed by atoms with Crippen LogP contribution in [-0.2, 0) is 13.9 Å². The van der Waals surface area contributed by atoms with Gasteiger partial charge in [-0.25, -0.2) is 0 Å². The van der Waals surface area contributed by atoms with Crippen molar-refractivity contribution < 1.29 is 80.2 Å². The summed E-state index contributed by atoms with van der Waals surface area (Å²) in [5, 5.41) is 10.6. The first-order valence-corrected chi connectivity index (χ1v) is 16.5. The number of phosphoric ester groups is 1. The topological polar surface area (TPSA) is 107 Å². The van der Waals surface area contributed by atoms with E-state index >= 15 is 0 Å². The maximum atomic E-state index is 12.9. The Balaban J connectivity index is 0.00000353. The molecule has 216 valence electrons. The number of rotatable bonds is 3. The van der Waals surface area contributed by atoms with Crippen molar-refractivity contribution in [2.24, 2.45) is 56.2 Å². The van der Waals surface area contributed by atoms with Gasteiger partial charge in [-0.2, -0.15) is 0 Å². The predicted molar refractivity (Wildman–Crippen MR) is 146 cm³/mol. The average molecular weight is 589 g/mol. The van der Waals surface area contributed by atoms with Crippen LogP contribution in [0.25, 0.3) is 0 Å². The Morgan fingerprint density at radius 1 is 0.974 bits per heavy atom. The van der Waals surface area contributed by atoms with Crippen molar-refractivity contribution in [3.8, 4) is 0 Å². The van der Waals surface area contributed by atoms with Gasteiger partial charge in [0, 0.05) is 0 Å². The van der Waals surface area contributed by atoms with Crippen molar-refractivity contribution in [3.63, 3.8) is 0 Å². The summed E-state index contributed by atoms with van der Waals surface area (Å²) in [5.74, 6) is 0.776. The maximum absolute atomic E-state index is 12.9. The van der Waals surface area contributed by atoms with Crippen LogP contribution in [0, 0.1) is 56.2 Å². The summed E-state index contributed by atoms with van der Waals surface area (Å²) in [4.78, 5) is 34.2. The smallest absolute Gasteiger partial charge is 0.756 e. The summed E-state index contributed by atoms with van der Waals surface area (Å²) in [7, 11) is -4.83. The van der Waals surface area contributed by atoms with Crippen LogP contribution in [0.15, 0.2) is 11.6 Å². The van der Waals surface area contributed by atoms with Crippen LogP contribution < -0.4 is 56.3 Å². The number of carbonyl (C=O) groups is 1. The SMILES string of the molecule is C[C@@H]1CC[C@]2(C(=O)O)CC[C@]3(C)C(=CC[C@@H]4[C@@]5(C)CC[C@H](OP(=O)([O-])O)C(C)(C)[C@]5(C)CC[C@]43C)C2[C@H]1C.[K+]. The van der Waals surface area contributed by atoms with E-state index in [1.165, 1.54) is 5.57 Å². The summed E-state index contributed by atoms with van der Waals surface area (Å²) in [5.41, 5.74) is 0.127. The van der Waals surface area contributed by atoms with Crippen molar-refractivity contribution in [2.75, 3.05) is 0 Å². The second-order valence-corrected chi connectivity index (χ2v) is 16.7. The van der Waals surface area contributed by atoms with E-state index < -0.39 is 30.7 Å². The summed E-state index contributed by atoms with van der Waals surface area (Å²) in [6.07, 6.45) is 9.78. The Labute approximate surface area is 278 Å². The molecule has 0 radical (unpaired) electrons. The van der Waals surface area contributed by atoms with Gasteiger partial charge in [0.25, 0.3) is 7.82 Å². The number of hydrogen-bond acceptors (Lipinski definition) is 4. The first kappa shape index (κ1) is 32.9. The molecule has 11 atom stereocenters. The molecule has 0 aliphatic heterocycles. The third kappa shape index (κ3) is 4.24. The third-order valence-corrected chi connectivity index (χ3v) is 15.2. The van der Waals surface area contributed by atoms with E-state index in [-0.39, 0.29) is 79.0 Å². The minimum Gasteiger partial charge on any atom is -0.756 e. The number of carboxylic acid groups (broad SMARTS) is 1. The molecule has 39 heavy (non-hydrogen) atoms. The Kier molecular flexibility index (Phi) is 8.42. The second-order valence-electron chi connectivity index (χ2n) is 15.6. The molecule has 5 rings (SSSR count). The fraction of sp³-hybridized carbons (Fsp3) is 0.903. The zero-order valence-electron chi connectivity index (χ0n) is 25.8. The van der Waals surface area contributed by atoms with Crippen LogP contribution in [0.2, 0.25) is 0 Å².